The van der Waals surface area contributed by atoms with E-state index in [1.807, 2.05) is 6.92 Å². The molecule has 1 amide bonds. The van der Waals surface area contributed by atoms with Gasteiger partial charge in [-0.1, -0.05) is 33.4 Å². The van der Waals surface area contributed by atoms with Gasteiger partial charge < -0.3 is 19.9 Å². The Balaban J connectivity index is 3.39. The molecule has 0 bridgehead atoms. The number of halogens is 2. The van der Waals surface area contributed by atoms with Crippen LogP contribution in [-0.4, -0.2) is 70.9 Å². The van der Waals surface area contributed by atoms with Gasteiger partial charge in [0.1, 0.15) is 12.4 Å². The van der Waals surface area contributed by atoms with Crippen LogP contribution >= 0.6 is 35.2 Å². The minimum Gasteiger partial charge on any atom is -0.476 e. The number of hydrogen-bond acceptors (Lipinski definition) is 6. The lowest BCUT2D eigenvalue weighted by atomic mass is 9.88. The van der Waals surface area contributed by atoms with Crippen molar-refractivity contribution in [2.75, 3.05) is 27.2 Å². The Kier molecular flexibility index (Phi) is 15.3. The van der Waals surface area contributed by atoms with Crippen molar-refractivity contribution < 1.29 is 13.9 Å². The van der Waals surface area contributed by atoms with Crippen LogP contribution in [0.25, 0.3) is 0 Å². The number of aliphatic imine (C=N–C) groups is 1. The number of hydrogen-bond donors (Lipinski definition) is 3. The van der Waals surface area contributed by atoms with E-state index in [-0.39, 0.29) is 24.5 Å². The zero-order valence-corrected chi connectivity index (χ0v) is 26.7. The largest absolute Gasteiger partial charge is 0.476 e. The Morgan fingerprint density at radius 2 is 2.03 bits per heavy atom. The van der Waals surface area contributed by atoms with Crippen LogP contribution in [0.1, 0.15) is 59.8 Å². The van der Waals surface area contributed by atoms with Crippen LogP contribution in [0.15, 0.2) is 52.7 Å². The van der Waals surface area contributed by atoms with Crippen LogP contribution < -0.4 is 5.32 Å². The van der Waals surface area contributed by atoms with Crippen LogP contribution in [0.3, 0.4) is 0 Å². The van der Waals surface area contributed by atoms with Crippen LogP contribution in [0.4, 0.5) is 4.39 Å². The highest BCUT2D eigenvalue weighted by Gasteiger charge is 2.28. The van der Waals surface area contributed by atoms with Gasteiger partial charge in [-0.15, -0.1) is 12.6 Å². The highest BCUT2D eigenvalue weighted by Crippen LogP contribution is 2.26. The lowest BCUT2D eigenvalue weighted by Crippen LogP contribution is -2.45. The molecule has 0 aromatic carbocycles. The number of amidine groups is 1. The maximum absolute atomic E-state index is 13.7. The first-order chi connectivity index (χ1) is 17.8. The minimum absolute atomic E-state index is 0.00561. The summed E-state index contributed by atoms with van der Waals surface area (Å²) in [6.07, 6.45) is 13.1. The van der Waals surface area contributed by atoms with Crippen molar-refractivity contribution >= 4 is 52.9 Å². The van der Waals surface area contributed by atoms with Gasteiger partial charge in [0.2, 0.25) is 16.0 Å². The molecule has 1 aliphatic carbocycles. The first-order valence-electron chi connectivity index (χ1n) is 12.9. The van der Waals surface area contributed by atoms with Gasteiger partial charge in [-0.05, 0) is 79.2 Å². The molecular weight excluding hydrogens is 616 g/mol. The van der Waals surface area contributed by atoms with E-state index in [1.54, 1.807) is 36.4 Å². The van der Waals surface area contributed by atoms with Gasteiger partial charge in [0.25, 0.3) is 0 Å². The lowest BCUT2D eigenvalue weighted by Gasteiger charge is -2.36. The molecule has 7 nitrogen and oxygen atoms in total. The average Bonchev–Trinajstić information content (AvgIpc) is 2.79. The second kappa shape index (κ2) is 17.0. The molecule has 0 radical (unpaired) electrons. The quantitative estimate of drug-likeness (QED) is 0.0391. The Morgan fingerprint density at radius 1 is 1.37 bits per heavy atom. The Bertz CT molecular complexity index is 923. The van der Waals surface area contributed by atoms with E-state index in [9.17, 15) is 9.18 Å². The molecule has 0 heterocycles. The smallest absolute Gasteiger partial charge is 0.247 e. The molecule has 38 heavy (non-hydrogen) atoms. The van der Waals surface area contributed by atoms with Gasteiger partial charge in [-0.25, -0.2) is 9.38 Å². The highest BCUT2D eigenvalue weighted by atomic mass is 127. The predicted octanol–water partition coefficient (Wildman–Crippen LogP) is 6.25. The van der Waals surface area contributed by atoms with Crippen molar-refractivity contribution in [2.24, 2.45) is 10.4 Å². The highest BCUT2D eigenvalue weighted by molar-refractivity contribution is 14.1. The fourth-order valence-electron chi connectivity index (χ4n) is 3.77. The third-order valence-corrected chi connectivity index (χ3v) is 7.21. The second-order valence-electron chi connectivity index (χ2n) is 10.6. The molecule has 0 aromatic heterocycles. The number of alkyl halides is 2. The molecule has 0 spiro atoms. The van der Waals surface area contributed by atoms with Crippen molar-refractivity contribution in [3.05, 3.63) is 47.7 Å². The fourth-order valence-corrected chi connectivity index (χ4v) is 4.13. The summed E-state index contributed by atoms with van der Waals surface area (Å²) in [4.78, 5) is 22.9. The minimum atomic E-state index is -1.55. The maximum Gasteiger partial charge on any atom is 0.247 e. The topological polar surface area (TPSA) is 81.0 Å². The third kappa shape index (κ3) is 12.8. The molecule has 10 heteroatoms. The van der Waals surface area contributed by atoms with Crippen LogP contribution in [0.5, 0.6) is 0 Å². The van der Waals surface area contributed by atoms with E-state index in [2.05, 4.69) is 57.2 Å². The predicted molar refractivity (Wildman–Crippen MR) is 169 cm³/mol. The van der Waals surface area contributed by atoms with E-state index < -0.39 is 16.1 Å². The molecule has 0 aromatic rings. The number of carbonyl (C=O) groups excluding carboxylic acids is 1. The molecule has 1 rings (SSSR count). The number of rotatable bonds is 14. The number of amides is 1. The van der Waals surface area contributed by atoms with E-state index in [4.69, 9.17) is 15.1 Å². The zero-order chi connectivity index (χ0) is 28.9. The number of carbonyl (C=O) groups is 1. The SMILES string of the molecule is C=C/C=C(S)\C=C\C(=O)N(CC(=C/NC)/N=C(\C)N(C)C1CCC1)C(CCC(C)(C)C)COC(=N)C(F)I. The summed E-state index contributed by atoms with van der Waals surface area (Å²) in [6.45, 7) is 12.2. The van der Waals surface area contributed by atoms with E-state index in [0.717, 1.165) is 25.1 Å². The molecule has 0 saturated heterocycles. The van der Waals surface area contributed by atoms with E-state index >= 15 is 0 Å². The number of allylic oxidation sites excluding steroid dienone is 3. The van der Waals surface area contributed by atoms with Gasteiger partial charge in [0.05, 0.1) is 18.3 Å². The van der Waals surface area contributed by atoms with Gasteiger partial charge in [0, 0.05) is 37.3 Å². The molecule has 1 aliphatic rings. The van der Waals surface area contributed by atoms with Gasteiger partial charge >= 0.3 is 0 Å². The molecule has 2 unspecified atom stereocenters. The molecule has 1 fully saturated rings. The van der Waals surface area contributed by atoms with Crippen molar-refractivity contribution in [1.82, 2.24) is 15.1 Å². The normalized spacial score (nSPS) is 17.0. The van der Waals surface area contributed by atoms with Crippen molar-refractivity contribution in [3.63, 3.8) is 0 Å². The van der Waals surface area contributed by atoms with E-state index in [1.165, 1.54) is 35.1 Å². The third-order valence-electron chi connectivity index (χ3n) is 6.35. The standard InChI is InChI=1S/C28H45FIN5O2S/c1-8-10-24(38)13-14-25(36)35(23(15-16-28(3,4)5)19-37-27(31)26(29)30)18-21(17-32-6)33-20(2)34(7)22-11-9-12-22/h8,10,13-14,17,22-23,26,31-32,38H,1,9,11-12,15-16,18-19H2,2-7H3/b14-13+,21-17-,24-10+,31-27?,33-20+. The first-order valence-corrected chi connectivity index (χ1v) is 14.6. The summed E-state index contributed by atoms with van der Waals surface area (Å²) in [5.41, 5.74) is 0.690. The first kappa shape index (κ1) is 34.2. The zero-order valence-electron chi connectivity index (χ0n) is 23.6. The monoisotopic (exact) mass is 661 g/mol. The van der Waals surface area contributed by atoms with Gasteiger partial charge in [0.15, 0.2) is 0 Å². The summed E-state index contributed by atoms with van der Waals surface area (Å²) < 4.78 is 17.6. The Labute approximate surface area is 247 Å². The molecular formula is C28H45FIN5O2S. The molecule has 0 aliphatic heterocycles. The van der Waals surface area contributed by atoms with Crippen molar-refractivity contribution in [3.8, 4) is 0 Å². The lowest BCUT2D eigenvalue weighted by molar-refractivity contribution is -0.128. The average molecular weight is 662 g/mol. The number of thiol groups is 1. The maximum atomic E-state index is 13.7. The number of ether oxygens (including phenoxy) is 1. The fraction of sp³-hybridized carbons (Fsp3) is 0.607. The Morgan fingerprint density at radius 3 is 2.53 bits per heavy atom. The van der Waals surface area contributed by atoms with Crippen molar-refractivity contribution in [1.29, 1.82) is 5.41 Å². The van der Waals surface area contributed by atoms with Crippen LogP contribution in [0, 0.1) is 10.8 Å². The van der Waals surface area contributed by atoms with Crippen LogP contribution in [-0.2, 0) is 9.53 Å². The van der Waals surface area contributed by atoms with E-state index in [0.29, 0.717) is 23.1 Å². The Hall–Kier alpha value is -1.82. The summed E-state index contributed by atoms with van der Waals surface area (Å²) in [5, 5.41) is 10.9. The van der Waals surface area contributed by atoms with Crippen molar-refractivity contribution in [2.45, 2.75) is 76.1 Å². The molecule has 2 N–H and O–H groups in total. The summed E-state index contributed by atoms with van der Waals surface area (Å²) >= 11 is 5.87. The molecule has 1 saturated carbocycles. The molecule has 214 valence electrons. The number of nitrogens with zero attached hydrogens (tertiary/aromatic N) is 3. The molecule has 2 atom stereocenters. The van der Waals surface area contributed by atoms with Gasteiger partial charge in [-0.2, -0.15) is 0 Å². The van der Waals surface area contributed by atoms with Gasteiger partial charge in [-0.3, -0.25) is 10.2 Å². The summed E-state index contributed by atoms with van der Waals surface area (Å²) in [5.74, 6) is 0.166. The second-order valence-corrected chi connectivity index (χ2v) is 12.2. The number of nitrogens with one attached hydrogen (secondary N) is 2. The summed E-state index contributed by atoms with van der Waals surface area (Å²) in [7, 11) is 3.84. The summed E-state index contributed by atoms with van der Waals surface area (Å²) in [6, 6.07) is 0.0790. The van der Waals surface area contributed by atoms with Crippen LogP contribution in [0.2, 0.25) is 0 Å².